The number of benzene rings is 1. The zero-order chi connectivity index (χ0) is 20.1. The molecule has 0 aliphatic carbocycles. The number of nitrogens with one attached hydrogen (secondary N) is 1. The fourth-order valence-electron chi connectivity index (χ4n) is 2.58. The summed E-state index contributed by atoms with van der Waals surface area (Å²) in [5, 5.41) is 14.0. The third-order valence-electron chi connectivity index (χ3n) is 3.94. The lowest BCUT2D eigenvalue weighted by Crippen LogP contribution is -2.25. The van der Waals surface area contributed by atoms with Gasteiger partial charge in [0.15, 0.2) is 5.13 Å². The van der Waals surface area contributed by atoms with E-state index in [9.17, 15) is 9.59 Å². The molecule has 2 aromatic heterocycles. The molecule has 2 heterocycles. The number of carboxylic acid groups (broad SMARTS) is 1. The van der Waals surface area contributed by atoms with Gasteiger partial charge in [-0.2, -0.15) is 0 Å². The molecule has 0 bridgehead atoms. The summed E-state index contributed by atoms with van der Waals surface area (Å²) in [4.78, 5) is 32.6. The number of aliphatic carboxylic acids is 1. The molecular formula is C19H19N5O3S. The van der Waals surface area contributed by atoms with Crippen molar-refractivity contribution in [1.29, 1.82) is 0 Å². The van der Waals surface area contributed by atoms with E-state index in [1.54, 1.807) is 18.1 Å². The number of anilines is 2. The second-order valence-electron chi connectivity index (χ2n) is 6.02. The lowest BCUT2D eigenvalue weighted by molar-refractivity contribution is -0.135. The van der Waals surface area contributed by atoms with E-state index in [0.717, 1.165) is 22.4 Å². The molecule has 4 N–H and O–H groups in total. The normalized spacial score (nSPS) is 10.5. The van der Waals surface area contributed by atoms with Crippen LogP contribution in [0.15, 0.2) is 48.0 Å². The molecule has 1 amide bonds. The maximum absolute atomic E-state index is 11.4. The number of nitrogens with two attached hydrogens (primary N) is 1. The third-order valence-corrected chi connectivity index (χ3v) is 4.69. The molecule has 0 saturated carbocycles. The van der Waals surface area contributed by atoms with Gasteiger partial charge in [-0.05, 0) is 29.3 Å². The Kier molecular flexibility index (Phi) is 5.97. The minimum atomic E-state index is -0.919. The molecule has 0 aliphatic rings. The van der Waals surface area contributed by atoms with Gasteiger partial charge in [0.25, 0.3) is 0 Å². The van der Waals surface area contributed by atoms with E-state index in [-0.39, 0.29) is 19.0 Å². The van der Waals surface area contributed by atoms with Gasteiger partial charge in [0.2, 0.25) is 5.91 Å². The SMILES string of the molecule is CN(CC(=O)O)c1cc(-c2cccc(-c3csc(NC(=O)CN)n3)c2)ccn1. The first-order chi connectivity index (χ1) is 13.5. The van der Waals surface area contributed by atoms with Crippen molar-refractivity contribution >= 4 is 34.2 Å². The summed E-state index contributed by atoms with van der Waals surface area (Å²) < 4.78 is 0. The zero-order valence-corrected chi connectivity index (χ0v) is 15.9. The van der Waals surface area contributed by atoms with E-state index in [0.29, 0.717) is 10.9 Å². The summed E-state index contributed by atoms with van der Waals surface area (Å²) in [5.74, 6) is -0.632. The number of thiazole rings is 1. The highest BCUT2D eigenvalue weighted by atomic mass is 32.1. The minimum absolute atomic E-state index is 0.0922. The molecule has 1 aromatic carbocycles. The summed E-state index contributed by atoms with van der Waals surface area (Å²) >= 11 is 1.33. The monoisotopic (exact) mass is 397 g/mol. The van der Waals surface area contributed by atoms with Crippen LogP contribution in [-0.4, -0.2) is 47.1 Å². The molecule has 0 radical (unpaired) electrons. The van der Waals surface area contributed by atoms with Crippen LogP contribution in [0.1, 0.15) is 0 Å². The molecule has 0 saturated heterocycles. The van der Waals surface area contributed by atoms with Crippen LogP contribution in [0.5, 0.6) is 0 Å². The summed E-state index contributed by atoms with van der Waals surface area (Å²) in [6.45, 7) is -0.224. The molecule has 0 fully saturated rings. The van der Waals surface area contributed by atoms with Crippen LogP contribution in [-0.2, 0) is 9.59 Å². The Morgan fingerprint density at radius 1 is 1.21 bits per heavy atom. The third kappa shape index (κ3) is 4.70. The van der Waals surface area contributed by atoms with Crippen LogP contribution < -0.4 is 16.0 Å². The highest BCUT2D eigenvalue weighted by Gasteiger charge is 2.10. The Balaban J connectivity index is 1.86. The van der Waals surface area contributed by atoms with Crippen molar-refractivity contribution in [2.75, 3.05) is 30.4 Å². The van der Waals surface area contributed by atoms with Crippen molar-refractivity contribution in [3.63, 3.8) is 0 Å². The fourth-order valence-corrected chi connectivity index (χ4v) is 3.32. The number of hydrogen-bond acceptors (Lipinski definition) is 7. The Morgan fingerprint density at radius 2 is 1.96 bits per heavy atom. The average molecular weight is 397 g/mol. The first-order valence-corrected chi connectivity index (χ1v) is 9.29. The second kappa shape index (κ2) is 8.59. The van der Waals surface area contributed by atoms with E-state index in [1.165, 1.54) is 11.3 Å². The number of carbonyl (C=O) groups is 2. The van der Waals surface area contributed by atoms with Crippen molar-refractivity contribution in [2.45, 2.75) is 0 Å². The Hall–Kier alpha value is -3.30. The average Bonchev–Trinajstić information content (AvgIpc) is 3.16. The van der Waals surface area contributed by atoms with Gasteiger partial charge in [-0.1, -0.05) is 18.2 Å². The molecular weight excluding hydrogens is 378 g/mol. The number of aromatic nitrogens is 2. The van der Waals surface area contributed by atoms with Crippen LogP contribution in [0.25, 0.3) is 22.4 Å². The summed E-state index contributed by atoms with van der Waals surface area (Å²) in [6.07, 6.45) is 1.65. The molecule has 28 heavy (non-hydrogen) atoms. The van der Waals surface area contributed by atoms with E-state index in [2.05, 4.69) is 15.3 Å². The van der Waals surface area contributed by atoms with Gasteiger partial charge in [-0.15, -0.1) is 11.3 Å². The molecule has 3 rings (SSSR count). The molecule has 9 heteroatoms. The molecule has 0 spiro atoms. The number of amides is 1. The van der Waals surface area contributed by atoms with Crippen LogP contribution in [0.2, 0.25) is 0 Å². The van der Waals surface area contributed by atoms with E-state index in [4.69, 9.17) is 10.8 Å². The standard InChI is InChI=1S/C19H19N5O3S/c1-24(10-18(26)27)16-8-13(5-6-21-16)12-3-2-4-14(7-12)15-11-28-19(22-15)23-17(25)9-20/h2-8,11H,9-10,20H2,1H3,(H,26,27)(H,22,23,25). The van der Waals surface area contributed by atoms with E-state index in [1.807, 2.05) is 41.8 Å². The van der Waals surface area contributed by atoms with Gasteiger partial charge >= 0.3 is 5.97 Å². The van der Waals surface area contributed by atoms with E-state index >= 15 is 0 Å². The van der Waals surface area contributed by atoms with Gasteiger partial charge in [0, 0.05) is 24.2 Å². The minimum Gasteiger partial charge on any atom is -0.480 e. The molecule has 3 aromatic rings. The number of likely N-dealkylation sites (N-methyl/N-ethyl adjacent to an activating group) is 1. The van der Waals surface area contributed by atoms with Crippen LogP contribution in [0, 0.1) is 0 Å². The molecule has 0 aliphatic heterocycles. The first-order valence-electron chi connectivity index (χ1n) is 8.41. The molecule has 0 atom stereocenters. The Morgan fingerprint density at radius 3 is 2.71 bits per heavy atom. The van der Waals surface area contributed by atoms with Gasteiger partial charge in [0.1, 0.15) is 12.4 Å². The number of pyridine rings is 1. The van der Waals surface area contributed by atoms with Gasteiger partial charge in [-0.3, -0.25) is 9.59 Å². The van der Waals surface area contributed by atoms with Gasteiger partial charge in [0.05, 0.1) is 12.2 Å². The number of carbonyl (C=O) groups excluding carboxylic acids is 1. The highest BCUT2D eigenvalue weighted by molar-refractivity contribution is 7.14. The number of nitrogens with zero attached hydrogens (tertiary/aromatic N) is 3. The van der Waals surface area contributed by atoms with Crippen LogP contribution in [0.4, 0.5) is 10.9 Å². The van der Waals surface area contributed by atoms with Crippen molar-refractivity contribution < 1.29 is 14.7 Å². The van der Waals surface area contributed by atoms with Gasteiger partial charge < -0.3 is 21.1 Å². The molecule has 0 unspecified atom stereocenters. The fraction of sp³-hybridized carbons (Fsp3) is 0.158. The summed E-state index contributed by atoms with van der Waals surface area (Å²) in [7, 11) is 1.68. The largest absolute Gasteiger partial charge is 0.480 e. The number of carboxylic acids is 1. The topological polar surface area (TPSA) is 121 Å². The maximum Gasteiger partial charge on any atom is 0.323 e. The zero-order valence-electron chi connectivity index (χ0n) is 15.1. The van der Waals surface area contributed by atoms with Gasteiger partial charge in [-0.25, -0.2) is 9.97 Å². The number of hydrogen-bond donors (Lipinski definition) is 3. The lowest BCUT2D eigenvalue weighted by atomic mass is 10.0. The molecule has 144 valence electrons. The summed E-state index contributed by atoms with van der Waals surface area (Å²) in [5.41, 5.74) is 8.82. The van der Waals surface area contributed by atoms with E-state index < -0.39 is 5.97 Å². The van der Waals surface area contributed by atoms with Crippen molar-refractivity contribution in [1.82, 2.24) is 9.97 Å². The highest BCUT2D eigenvalue weighted by Crippen LogP contribution is 2.29. The second-order valence-corrected chi connectivity index (χ2v) is 6.88. The number of rotatable bonds is 7. The Labute approximate surface area is 165 Å². The first kappa shape index (κ1) is 19.5. The van der Waals surface area contributed by atoms with Crippen molar-refractivity contribution in [3.05, 3.63) is 48.0 Å². The smallest absolute Gasteiger partial charge is 0.323 e. The predicted molar refractivity (Wildman–Crippen MR) is 109 cm³/mol. The van der Waals surface area contributed by atoms with Crippen molar-refractivity contribution in [2.24, 2.45) is 5.73 Å². The van der Waals surface area contributed by atoms with Crippen LogP contribution >= 0.6 is 11.3 Å². The molecule has 8 nitrogen and oxygen atoms in total. The quantitative estimate of drug-likeness (QED) is 0.559. The Bertz CT molecular complexity index is 1000. The maximum atomic E-state index is 11.4. The van der Waals surface area contributed by atoms with Crippen molar-refractivity contribution in [3.8, 4) is 22.4 Å². The lowest BCUT2D eigenvalue weighted by Gasteiger charge is -2.16. The predicted octanol–water partition coefficient (Wildman–Crippen LogP) is 2.29. The summed E-state index contributed by atoms with van der Waals surface area (Å²) in [6, 6.07) is 11.5. The van der Waals surface area contributed by atoms with Crippen LogP contribution in [0.3, 0.4) is 0 Å².